The average molecular weight is 276 g/mol. The molecular formula is C9H10BrNO4. The predicted octanol–water partition coefficient (Wildman–Crippen LogP) is 1.74. The molecule has 0 aliphatic heterocycles. The summed E-state index contributed by atoms with van der Waals surface area (Å²) in [5.74, 6) is -0.571. The number of ether oxygens (including phenoxy) is 1. The molecular weight excluding hydrogens is 266 g/mol. The number of aryl methyl sites for hydroxylation is 1. The van der Waals surface area contributed by atoms with E-state index in [1.807, 2.05) is 0 Å². The molecule has 0 radical (unpaired) electrons. The van der Waals surface area contributed by atoms with Crippen molar-refractivity contribution in [2.75, 3.05) is 11.9 Å². The van der Waals surface area contributed by atoms with E-state index in [1.165, 1.54) is 0 Å². The fourth-order valence-corrected chi connectivity index (χ4v) is 1.39. The Morgan fingerprint density at radius 1 is 1.53 bits per heavy atom. The van der Waals surface area contributed by atoms with Crippen LogP contribution in [0.4, 0.5) is 0 Å². The highest BCUT2D eigenvalue weighted by Gasteiger charge is 2.25. The second kappa shape index (κ2) is 5.06. The highest BCUT2D eigenvalue weighted by Crippen LogP contribution is 2.16. The minimum atomic E-state index is -0.640. The molecule has 0 saturated carbocycles. The Morgan fingerprint density at radius 3 is 2.73 bits per heavy atom. The van der Waals surface area contributed by atoms with E-state index in [9.17, 15) is 9.59 Å². The molecule has 0 amide bonds. The molecule has 5 nitrogen and oxygen atoms in total. The minimum Gasteiger partial charge on any atom is -0.461 e. The summed E-state index contributed by atoms with van der Waals surface area (Å²) < 4.78 is 9.54. The number of nitrogens with zero attached hydrogens (tertiary/aromatic N) is 1. The van der Waals surface area contributed by atoms with Crippen LogP contribution in [0.2, 0.25) is 0 Å². The van der Waals surface area contributed by atoms with Gasteiger partial charge in [0, 0.05) is 0 Å². The van der Waals surface area contributed by atoms with Gasteiger partial charge in [-0.25, -0.2) is 4.79 Å². The Morgan fingerprint density at radius 2 is 2.20 bits per heavy atom. The Balaban J connectivity index is 3.08. The summed E-state index contributed by atoms with van der Waals surface area (Å²) in [7, 11) is 0. The fraction of sp³-hybridized carbons (Fsp3) is 0.444. The summed E-state index contributed by atoms with van der Waals surface area (Å²) in [4.78, 5) is 22.9. The largest absolute Gasteiger partial charge is 0.461 e. The van der Waals surface area contributed by atoms with Crippen molar-refractivity contribution in [1.29, 1.82) is 0 Å². The molecule has 1 rings (SSSR count). The predicted molar refractivity (Wildman–Crippen MR) is 55.3 cm³/mol. The van der Waals surface area contributed by atoms with Gasteiger partial charge in [-0.2, -0.15) is 0 Å². The first-order valence-corrected chi connectivity index (χ1v) is 5.46. The smallest absolute Gasteiger partial charge is 0.361 e. The number of hydrogen-bond donors (Lipinski definition) is 0. The van der Waals surface area contributed by atoms with Crippen LogP contribution in [-0.4, -0.2) is 28.8 Å². The third-order valence-electron chi connectivity index (χ3n) is 1.73. The van der Waals surface area contributed by atoms with Gasteiger partial charge in [0.25, 0.3) is 0 Å². The standard InChI is InChI=1S/C9H10BrNO4/c1-3-14-9(13)8-7(6(12)4-10)5(2)15-11-8/h3-4H2,1-2H3. The number of ketones is 1. The number of alkyl halides is 1. The van der Waals surface area contributed by atoms with Gasteiger partial charge in [0.05, 0.1) is 17.5 Å². The number of aromatic nitrogens is 1. The van der Waals surface area contributed by atoms with Crippen LogP contribution < -0.4 is 0 Å². The maximum atomic E-state index is 11.5. The minimum absolute atomic E-state index is 0.0567. The van der Waals surface area contributed by atoms with Gasteiger partial charge in [-0.05, 0) is 13.8 Å². The van der Waals surface area contributed by atoms with Crippen molar-refractivity contribution < 1.29 is 18.8 Å². The first kappa shape index (κ1) is 11.9. The molecule has 0 bridgehead atoms. The summed E-state index contributed by atoms with van der Waals surface area (Å²) >= 11 is 3.02. The Kier molecular flexibility index (Phi) is 4.02. The van der Waals surface area contributed by atoms with Crippen molar-refractivity contribution in [3.05, 3.63) is 17.0 Å². The molecule has 0 unspecified atom stereocenters. The highest BCUT2D eigenvalue weighted by atomic mass is 79.9. The summed E-state index contributed by atoms with van der Waals surface area (Å²) in [6, 6.07) is 0. The third kappa shape index (κ3) is 2.44. The molecule has 0 atom stereocenters. The third-order valence-corrected chi connectivity index (χ3v) is 2.24. The van der Waals surface area contributed by atoms with Crippen LogP contribution >= 0.6 is 15.9 Å². The Hall–Kier alpha value is -1.17. The topological polar surface area (TPSA) is 69.4 Å². The lowest BCUT2D eigenvalue weighted by molar-refractivity contribution is 0.0512. The van der Waals surface area contributed by atoms with Gasteiger partial charge in [-0.15, -0.1) is 0 Å². The molecule has 1 aromatic heterocycles. The molecule has 0 N–H and O–H groups in total. The molecule has 6 heteroatoms. The van der Waals surface area contributed by atoms with Crippen LogP contribution in [0.15, 0.2) is 4.52 Å². The van der Waals surface area contributed by atoms with Crippen LogP contribution in [0.5, 0.6) is 0 Å². The number of carbonyl (C=O) groups excluding carboxylic acids is 2. The first-order valence-electron chi connectivity index (χ1n) is 4.34. The molecule has 0 aliphatic carbocycles. The van der Waals surface area contributed by atoms with E-state index in [0.29, 0.717) is 5.76 Å². The Labute approximate surface area is 94.9 Å². The van der Waals surface area contributed by atoms with E-state index in [-0.39, 0.29) is 29.0 Å². The molecule has 1 heterocycles. The van der Waals surface area contributed by atoms with E-state index >= 15 is 0 Å². The molecule has 0 aromatic carbocycles. The molecule has 0 spiro atoms. The van der Waals surface area contributed by atoms with E-state index in [1.54, 1.807) is 13.8 Å². The van der Waals surface area contributed by atoms with Gasteiger partial charge in [0.15, 0.2) is 5.78 Å². The maximum Gasteiger partial charge on any atom is 0.361 e. The highest BCUT2D eigenvalue weighted by molar-refractivity contribution is 9.09. The summed E-state index contributed by atoms with van der Waals surface area (Å²) in [5, 5.41) is 3.62. The summed E-state index contributed by atoms with van der Waals surface area (Å²) in [5.41, 5.74) is 0.129. The number of rotatable bonds is 4. The van der Waals surface area contributed by atoms with Crippen LogP contribution in [0.3, 0.4) is 0 Å². The van der Waals surface area contributed by atoms with E-state index in [4.69, 9.17) is 9.26 Å². The van der Waals surface area contributed by atoms with Crippen LogP contribution in [-0.2, 0) is 4.74 Å². The zero-order chi connectivity index (χ0) is 11.4. The summed E-state index contributed by atoms with van der Waals surface area (Å²) in [6.07, 6.45) is 0. The zero-order valence-corrected chi connectivity index (χ0v) is 9.96. The quantitative estimate of drug-likeness (QED) is 0.476. The van der Waals surface area contributed by atoms with Crippen molar-refractivity contribution in [3.8, 4) is 0 Å². The van der Waals surface area contributed by atoms with Gasteiger partial charge < -0.3 is 9.26 Å². The lowest BCUT2D eigenvalue weighted by Crippen LogP contribution is -2.12. The van der Waals surface area contributed by atoms with E-state index in [0.717, 1.165) is 0 Å². The molecule has 15 heavy (non-hydrogen) atoms. The number of carbonyl (C=O) groups is 2. The van der Waals surface area contributed by atoms with Crippen molar-refractivity contribution >= 4 is 27.7 Å². The van der Waals surface area contributed by atoms with E-state index in [2.05, 4.69) is 21.1 Å². The summed E-state index contributed by atoms with van der Waals surface area (Å²) in [6.45, 7) is 3.48. The molecule has 1 aromatic rings. The van der Waals surface area contributed by atoms with Crippen LogP contribution in [0.1, 0.15) is 33.5 Å². The monoisotopic (exact) mass is 275 g/mol. The van der Waals surface area contributed by atoms with E-state index < -0.39 is 5.97 Å². The van der Waals surface area contributed by atoms with Gasteiger partial charge in [0.1, 0.15) is 5.76 Å². The van der Waals surface area contributed by atoms with Crippen molar-refractivity contribution in [2.45, 2.75) is 13.8 Å². The lowest BCUT2D eigenvalue weighted by Gasteiger charge is -1.99. The van der Waals surface area contributed by atoms with Crippen molar-refractivity contribution in [2.24, 2.45) is 0 Å². The van der Waals surface area contributed by atoms with Gasteiger partial charge in [-0.3, -0.25) is 4.79 Å². The number of halogens is 1. The lowest BCUT2D eigenvalue weighted by atomic mass is 10.1. The first-order chi connectivity index (χ1) is 7.11. The maximum absolute atomic E-state index is 11.5. The molecule has 0 fully saturated rings. The molecule has 82 valence electrons. The fourth-order valence-electron chi connectivity index (χ4n) is 1.11. The van der Waals surface area contributed by atoms with Crippen molar-refractivity contribution in [1.82, 2.24) is 5.16 Å². The van der Waals surface area contributed by atoms with Crippen molar-refractivity contribution in [3.63, 3.8) is 0 Å². The normalized spacial score (nSPS) is 10.1. The van der Waals surface area contributed by atoms with Crippen LogP contribution in [0.25, 0.3) is 0 Å². The average Bonchev–Trinajstić information content (AvgIpc) is 2.59. The SMILES string of the molecule is CCOC(=O)c1noc(C)c1C(=O)CBr. The second-order valence-electron chi connectivity index (χ2n) is 2.74. The number of esters is 1. The van der Waals surface area contributed by atoms with Gasteiger partial charge >= 0.3 is 5.97 Å². The second-order valence-corrected chi connectivity index (χ2v) is 3.30. The van der Waals surface area contributed by atoms with Crippen LogP contribution in [0, 0.1) is 6.92 Å². The number of hydrogen-bond acceptors (Lipinski definition) is 5. The molecule has 0 aliphatic rings. The van der Waals surface area contributed by atoms with Gasteiger partial charge in [0.2, 0.25) is 5.69 Å². The Bertz CT molecular complexity index is 385. The zero-order valence-electron chi connectivity index (χ0n) is 8.37. The molecule has 0 saturated heterocycles. The number of Topliss-reactive ketones (excluding diaryl/α,β-unsaturated/α-hetero) is 1. The van der Waals surface area contributed by atoms with Gasteiger partial charge in [-0.1, -0.05) is 21.1 Å².